The normalized spacial score (nSPS) is 13.8. The van der Waals surface area contributed by atoms with Crippen LogP contribution in [-0.4, -0.2) is 45.0 Å². The van der Waals surface area contributed by atoms with E-state index in [-0.39, 0.29) is 5.91 Å². The molecule has 0 aliphatic carbocycles. The Morgan fingerprint density at radius 2 is 1.74 bits per heavy atom. The molecule has 31 heavy (non-hydrogen) atoms. The summed E-state index contributed by atoms with van der Waals surface area (Å²) in [6.07, 6.45) is 6.30. The van der Waals surface area contributed by atoms with E-state index >= 15 is 0 Å². The lowest BCUT2D eigenvalue weighted by atomic mass is 10.1. The van der Waals surface area contributed by atoms with Crippen molar-refractivity contribution in [2.24, 2.45) is 0 Å². The van der Waals surface area contributed by atoms with Crippen LogP contribution in [0.4, 0.5) is 5.82 Å². The number of hydrogen-bond donors (Lipinski definition) is 1. The predicted octanol–water partition coefficient (Wildman–Crippen LogP) is 4.51. The van der Waals surface area contributed by atoms with Crippen LogP contribution < -0.4 is 5.32 Å². The lowest BCUT2D eigenvalue weighted by Gasteiger charge is -2.15. The number of carbonyl (C=O) groups excluding carboxylic acids is 1. The fraction of sp³-hybridized carbons (Fsp3) is 0.240. The maximum atomic E-state index is 11.8. The number of fused-ring (bicyclic) bond motifs is 1. The second-order valence-electron chi connectivity index (χ2n) is 7.80. The van der Waals surface area contributed by atoms with Crippen LogP contribution in [-0.2, 0) is 4.79 Å². The van der Waals surface area contributed by atoms with Gasteiger partial charge in [-0.2, -0.15) is 0 Å². The van der Waals surface area contributed by atoms with E-state index in [1.807, 2.05) is 41.3 Å². The third kappa shape index (κ3) is 3.89. The largest absolute Gasteiger partial charge is 0.369 e. The van der Waals surface area contributed by atoms with Crippen LogP contribution in [0.25, 0.3) is 27.8 Å². The SMILES string of the molecule is O=C1CCCN1CCCNc1ncnc2c1c(-c1ccccc1)cn2-c1ccccc1. The number of hydrogen-bond acceptors (Lipinski definition) is 4. The smallest absolute Gasteiger partial charge is 0.222 e. The number of rotatable bonds is 7. The zero-order valence-corrected chi connectivity index (χ0v) is 17.4. The summed E-state index contributed by atoms with van der Waals surface area (Å²) >= 11 is 0. The number of benzene rings is 2. The van der Waals surface area contributed by atoms with Crippen LogP contribution in [0.2, 0.25) is 0 Å². The first-order valence-corrected chi connectivity index (χ1v) is 10.8. The molecule has 3 heterocycles. The fourth-order valence-electron chi connectivity index (χ4n) is 4.23. The molecule has 1 aliphatic heterocycles. The van der Waals surface area contributed by atoms with Gasteiger partial charge in [0.15, 0.2) is 5.65 Å². The molecule has 6 nitrogen and oxygen atoms in total. The number of carbonyl (C=O) groups is 1. The number of aromatic nitrogens is 3. The summed E-state index contributed by atoms with van der Waals surface area (Å²) in [7, 11) is 0. The Balaban J connectivity index is 1.48. The van der Waals surface area contributed by atoms with E-state index in [4.69, 9.17) is 0 Å². The second-order valence-corrected chi connectivity index (χ2v) is 7.80. The second kappa shape index (κ2) is 8.60. The van der Waals surface area contributed by atoms with E-state index in [1.165, 1.54) is 0 Å². The number of nitrogens with one attached hydrogen (secondary N) is 1. The van der Waals surface area contributed by atoms with Crippen molar-refractivity contribution in [3.8, 4) is 16.8 Å². The van der Waals surface area contributed by atoms with Gasteiger partial charge in [0, 0.05) is 43.5 Å². The minimum absolute atomic E-state index is 0.274. The summed E-state index contributed by atoms with van der Waals surface area (Å²) in [5, 5.41) is 4.51. The maximum absolute atomic E-state index is 11.8. The average Bonchev–Trinajstić information content (AvgIpc) is 3.42. The summed E-state index contributed by atoms with van der Waals surface area (Å²) in [6, 6.07) is 20.6. The van der Waals surface area contributed by atoms with E-state index in [1.54, 1.807) is 6.33 Å². The molecule has 1 saturated heterocycles. The topological polar surface area (TPSA) is 63.1 Å². The minimum atomic E-state index is 0.274. The number of anilines is 1. The Hall–Kier alpha value is -3.67. The Kier molecular flexibility index (Phi) is 5.35. The molecule has 4 aromatic rings. The third-order valence-corrected chi connectivity index (χ3v) is 5.77. The van der Waals surface area contributed by atoms with Crippen molar-refractivity contribution in [3.05, 3.63) is 73.2 Å². The van der Waals surface area contributed by atoms with Crippen LogP contribution in [0.3, 0.4) is 0 Å². The molecule has 0 bridgehead atoms. The van der Waals surface area contributed by atoms with Crippen LogP contribution in [0, 0.1) is 0 Å². The van der Waals surface area contributed by atoms with Crippen LogP contribution >= 0.6 is 0 Å². The molecule has 1 amide bonds. The van der Waals surface area contributed by atoms with Crippen molar-refractivity contribution >= 4 is 22.8 Å². The first kappa shape index (κ1) is 19.3. The summed E-state index contributed by atoms with van der Waals surface area (Å²) in [6.45, 7) is 2.42. The van der Waals surface area contributed by atoms with Gasteiger partial charge in [-0.1, -0.05) is 48.5 Å². The molecule has 5 rings (SSSR count). The van der Waals surface area contributed by atoms with Gasteiger partial charge in [-0.25, -0.2) is 9.97 Å². The van der Waals surface area contributed by atoms with Crippen molar-refractivity contribution in [2.45, 2.75) is 19.3 Å². The van der Waals surface area contributed by atoms with Crippen molar-refractivity contribution in [1.29, 1.82) is 0 Å². The van der Waals surface area contributed by atoms with Gasteiger partial charge in [0.05, 0.1) is 5.39 Å². The lowest BCUT2D eigenvalue weighted by Crippen LogP contribution is -2.27. The molecule has 1 aliphatic rings. The Bertz CT molecular complexity index is 1190. The zero-order valence-electron chi connectivity index (χ0n) is 17.4. The highest BCUT2D eigenvalue weighted by molar-refractivity contribution is 6.02. The summed E-state index contributed by atoms with van der Waals surface area (Å²) < 4.78 is 2.12. The highest BCUT2D eigenvalue weighted by atomic mass is 16.2. The van der Waals surface area contributed by atoms with Gasteiger partial charge in [-0.05, 0) is 30.5 Å². The molecule has 0 radical (unpaired) electrons. The number of nitrogens with zero attached hydrogens (tertiary/aromatic N) is 4. The van der Waals surface area contributed by atoms with E-state index < -0.39 is 0 Å². The van der Waals surface area contributed by atoms with E-state index in [0.29, 0.717) is 6.42 Å². The molecule has 2 aromatic heterocycles. The molecule has 1 fully saturated rings. The molecule has 2 aromatic carbocycles. The monoisotopic (exact) mass is 411 g/mol. The van der Waals surface area contributed by atoms with E-state index in [2.05, 4.69) is 50.3 Å². The van der Waals surface area contributed by atoms with Crippen LogP contribution in [0.1, 0.15) is 19.3 Å². The maximum Gasteiger partial charge on any atom is 0.222 e. The first-order chi connectivity index (χ1) is 15.3. The molecule has 156 valence electrons. The fourth-order valence-corrected chi connectivity index (χ4v) is 4.23. The van der Waals surface area contributed by atoms with Gasteiger partial charge in [0.2, 0.25) is 5.91 Å². The quantitative estimate of drug-likeness (QED) is 0.455. The molecule has 0 atom stereocenters. The van der Waals surface area contributed by atoms with Crippen LogP contribution in [0.15, 0.2) is 73.2 Å². The zero-order chi connectivity index (χ0) is 21.0. The third-order valence-electron chi connectivity index (χ3n) is 5.77. The van der Waals surface area contributed by atoms with Crippen molar-refractivity contribution in [1.82, 2.24) is 19.4 Å². The van der Waals surface area contributed by atoms with Gasteiger partial charge in [0.1, 0.15) is 12.1 Å². The summed E-state index contributed by atoms with van der Waals surface area (Å²) in [4.78, 5) is 23.0. The van der Waals surface area contributed by atoms with Crippen molar-refractivity contribution in [3.63, 3.8) is 0 Å². The highest BCUT2D eigenvalue weighted by Gasteiger charge is 2.20. The van der Waals surface area contributed by atoms with E-state index in [9.17, 15) is 4.79 Å². The van der Waals surface area contributed by atoms with Crippen molar-refractivity contribution in [2.75, 3.05) is 25.0 Å². The summed E-state index contributed by atoms with van der Waals surface area (Å²) in [5.74, 6) is 1.10. The standard InChI is InChI=1S/C25H25N5O/c31-22-13-7-15-29(22)16-8-14-26-24-23-21(19-9-3-1-4-10-19)17-30(25(23)28-18-27-24)20-11-5-2-6-12-20/h1-6,9-12,17-18H,7-8,13-16H2,(H,26,27,28). The summed E-state index contributed by atoms with van der Waals surface area (Å²) in [5.41, 5.74) is 4.16. The first-order valence-electron chi connectivity index (χ1n) is 10.8. The molecule has 0 unspecified atom stereocenters. The van der Waals surface area contributed by atoms with Gasteiger partial charge >= 0.3 is 0 Å². The lowest BCUT2D eigenvalue weighted by molar-refractivity contribution is -0.127. The van der Waals surface area contributed by atoms with Crippen LogP contribution in [0.5, 0.6) is 0 Å². The van der Waals surface area contributed by atoms with Gasteiger partial charge < -0.3 is 14.8 Å². The minimum Gasteiger partial charge on any atom is -0.369 e. The Morgan fingerprint density at radius 3 is 2.48 bits per heavy atom. The predicted molar refractivity (Wildman–Crippen MR) is 123 cm³/mol. The van der Waals surface area contributed by atoms with Gasteiger partial charge in [-0.15, -0.1) is 0 Å². The number of amides is 1. The molecule has 0 saturated carbocycles. The molecule has 0 spiro atoms. The Labute approximate surface area is 181 Å². The highest BCUT2D eigenvalue weighted by Crippen LogP contribution is 2.35. The molecule has 6 heteroatoms. The van der Waals surface area contributed by atoms with Gasteiger partial charge in [-0.3, -0.25) is 4.79 Å². The van der Waals surface area contributed by atoms with E-state index in [0.717, 1.165) is 66.1 Å². The van der Waals surface area contributed by atoms with Gasteiger partial charge in [0.25, 0.3) is 0 Å². The van der Waals surface area contributed by atoms with Crippen molar-refractivity contribution < 1.29 is 4.79 Å². The average molecular weight is 412 g/mol. The Morgan fingerprint density at radius 1 is 0.968 bits per heavy atom. The number of likely N-dealkylation sites (tertiary alicyclic amines) is 1. The number of para-hydroxylation sites is 1. The molecule has 1 N–H and O–H groups in total. The molecular weight excluding hydrogens is 386 g/mol. The molecular formula is C25H25N5O.